The van der Waals surface area contributed by atoms with Gasteiger partial charge in [0.1, 0.15) is 29.9 Å². The second-order valence-corrected chi connectivity index (χ2v) is 9.98. The number of benzene rings is 3. The van der Waals surface area contributed by atoms with Crippen LogP contribution < -0.4 is 4.74 Å². The fourth-order valence-electron chi connectivity index (χ4n) is 4.79. The Morgan fingerprint density at radius 2 is 1.66 bits per heavy atom. The summed E-state index contributed by atoms with van der Waals surface area (Å²) < 4.78 is 57.6. The van der Waals surface area contributed by atoms with Gasteiger partial charge >= 0.3 is 5.97 Å². The number of carbonyl (C=O) groups is 1. The molecule has 0 aliphatic rings. The van der Waals surface area contributed by atoms with E-state index in [2.05, 4.69) is 9.97 Å². The molecule has 7 nitrogen and oxygen atoms in total. The Morgan fingerprint density at radius 3 is 2.36 bits per heavy atom. The van der Waals surface area contributed by atoms with Crippen molar-refractivity contribution in [2.24, 2.45) is 0 Å². The van der Waals surface area contributed by atoms with E-state index in [1.165, 1.54) is 31.4 Å². The second-order valence-electron chi connectivity index (χ2n) is 9.98. The monoisotopic (exact) mass is 605 g/mol. The summed E-state index contributed by atoms with van der Waals surface area (Å²) in [6, 6.07) is 14.7. The van der Waals surface area contributed by atoms with Crippen LogP contribution >= 0.6 is 0 Å². The van der Waals surface area contributed by atoms with Crippen molar-refractivity contribution in [3.05, 3.63) is 112 Å². The first-order valence-corrected chi connectivity index (χ1v) is 14.2. The van der Waals surface area contributed by atoms with Gasteiger partial charge in [-0.1, -0.05) is 32.0 Å². The summed E-state index contributed by atoms with van der Waals surface area (Å²) in [5, 5.41) is 9.51. The highest BCUT2D eigenvalue weighted by Crippen LogP contribution is 2.29. The molecule has 1 N–H and O–H groups in total. The highest BCUT2D eigenvalue weighted by atomic mass is 19.1. The van der Waals surface area contributed by atoms with Crippen LogP contribution in [0.25, 0.3) is 22.3 Å². The molecule has 0 amide bonds. The lowest BCUT2D eigenvalue weighted by Gasteiger charge is -2.12. The molecular weight excluding hydrogens is 571 g/mol. The zero-order valence-corrected chi connectivity index (χ0v) is 25.2. The molecule has 0 saturated heterocycles. The smallest absolute Gasteiger partial charge is 0.335 e. The molecule has 0 aliphatic carbocycles. The number of aromatic nitrogens is 3. The molecule has 0 radical (unpaired) electrons. The number of fused-ring (bicyclic) bond motifs is 1. The number of carboxylic acid groups (broad SMARTS) is 1. The van der Waals surface area contributed by atoms with Gasteiger partial charge in [-0.15, -0.1) is 0 Å². The van der Waals surface area contributed by atoms with Crippen LogP contribution in [0.1, 0.15) is 52.3 Å². The summed E-state index contributed by atoms with van der Waals surface area (Å²) in [5.41, 5.74) is 3.22. The van der Waals surface area contributed by atoms with E-state index < -0.39 is 23.4 Å². The van der Waals surface area contributed by atoms with Gasteiger partial charge in [-0.25, -0.2) is 27.9 Å². The molecule has 0 fully saturated rings. The summed E-state index contributed by atoms with van der Waals surface area (Å²) in [4.78, 5) is 20.6. The number of halogens is 3. The van der Waals surface area contributed by atoms with Gasteiger partial charge in [0.25, 0.3) is 0 Å². The number of pyridine rings is 1. The lowest BCUT2D eigenvalue weighted by Crippen LogP contribution is -2.10. The number of imidazole rings is 1. The van der Waals surface area contributed by atoms with Gasteiger partial charge in [0.15, 0.2) is 0 Å². The van der Waals surface area contributed by atoms with E-state index in [1.807, 2.05) is 13.8 Å². The van der Waals surface area contributed by atoms with Crippen LogP contribution in [0.2, 0.25) is 0 Å². The quantitative estimate of drug-likeness (QED) is 0.176. The first-order chi connectivity index (χ1) is 21.1. The van der Waals surface area contributed by atoms with Crippen molar-refractivity contribution in [1.29, 1.82) is 0 Å². The lowest BCUT2D eigenvalue weighted by molar-refractivity contribution is 0.0697. The van der Waals surface area contributed by atoms with Crippen molar-refractivity contribution >= 4 is 17.0 Å². The molecule has 0 spiro atoms. The molecule has 0 aliphatic heterocycles. The van der Waals surface area contributed by atoms with Crippen LogP contribution in [0.5, 0.6) is 5.88 Å². The van der Waals surface area contributed by atoms with Gasteiger partial charge in [-0.3, -0.25) is 0 Å². The Balaban J connectivity index is 0.00000216. The minimum Gasteiger partial charge on any atom is -0.478 e. The molecule has 0 bridgehead atoms. The Kier molecular flexibility index (Phi) is 10.4. The largest absolute Gasteiger partial charge is 0.478 e. The number of hydrogen-bond acceptors (Lipinski definition) is 5. The standard InChI is InChI=1S/C32H28F3N3O4.C2H6/c1-18-7-8-20(24(33)11-18)17-42-30-6-4-5-27(36-30)23-16-25(34)21(13-26(23)35)15-29-37-31-19(2)12-22(32(39)40)14-28(31)38(29)9-10-41-3;1-2/h4-8,11-14,16H,9-10,15,17H2,1-3H3,(H,39,40);1-2H3. The number of methoxy groups -OCH3 is 1. The zero-order valence-electron chi connectivity index (χ0n) is 25.2. The number of aromatic carboxylic acids is 1. The molecule has 5 rings (SSSR count). The molecule has 0 saturated carbocycles. The zero-order chi connectivity index (χ0) is 32.0. The Morgan fingerprint density at radius 1 is 0.909 bits per heavy atom. The van der Waals surface area contributed by atoms with E-state index in [9.17, 15) is 14.3 Å². The van der Waals surface area contributed by atoms with Crippen LogP contribution in [0, 0.1) is 31.3 Å². The Bertz CT molecular complexity index is 1800. The van der Waals surface area contributed by atoms with Crippen molar-refractivity contribution in [3.8, 4) is 17.1 Å². The number of ether oxygens (including phenoxy) is 2. The third kappa shape index (κ3) is 7.08. The summed E-state index contributed by atoms with van der Waals surface area (Å²) in [6.45, 7) is 8.12. The minimum absolute atomic E-state index is 0.0397. The van der Waals surface area contributed by atoms with Crippen molar-refractivity contribution in [3.63, 3.8) is 0 Å². The first kappa shape index (κ1) is 32.2. The van der Waals surface area contributed by atoms with E-state index >= 15 is 8.78 Å². The third-order valence-corrected chi connectivity index (χ3v) is 6.96. The fraction of sp³-hybridized carbons (Fsp3) is 0.265. The fourth-order valence-corrected chi connectivity index (χ4v) is 4.79. The van der Waals surface area contributed by atoms with Gasteiger partial charge in [0.2, 0.25) is 5.88 Å². The Hall–Kier alpha value is -4.70. The molecule has 10 heteroatoms. The summed E-state index contributed by atoms with van der Waals surface area (Å²) in [6.07, 6.45) is -0.0397. The second kappa shape index (κ2) is 14.2. The summed E-state index contributed by atoms with van der Waals surface area (Å²) in [5.74, 6) is -2.24. The van der Waals surface area contributed by atoms with Crippen molar-refractivity contribution in [2.75, 3.05) is 13.7 Å². The summed E-state index contributed by atoms with van der Waals surface area (Å²) in [7, 11) is 1.54. The number of nitrogens with zero attached hydrogens (tertiary/aromatic N) is 3. The van der Waals surface area contributed by atoms with E-state index in [1.54, 1.807) is 42.7 Å². The van der Waals surface area contributed by atoms with Crippen molar-refractivity contribution in [2.45, 2.75) is 47.3 Å². The first-order valence-electron chi connectivity index (χ1n) is 14.2. The summed E-state index contributed by atoms with van der Waals surface area (Å²) >= 11 is 0. The van der Waals surface area contributed by atoms with Crippen LogP contribution in [0.15, 0.2) is 60.7 Å². The number of hydrogen-bond donors (Lipinski definition) is 1. The van der Waals surface area contributed by atoms with E-state index in [-0.39, 0.29) is 41.3 Å². The van der Waals surface area contributed by atoms with Gasteiger partial charge in [-0.2, -0.15) is 0 Å². The highest BCUT2D eigenvalue weighted by Gasteiger charge is 2.19. The molecule has 2 heterocycles. The van der Waals surface area contributed by atoms with Gasteiger partial charge in [-0.05, 0) is 66.9 Å². The van der Waals surface area contributed by atoms with Gasteiger partial charge in [0, 0.05) is 37.3 Å². The molecule has 5 aromatic rings. The maximum Gasteiger partial charge on any atom is 0.335 e. The number of aryl methyl sites for hydroxylation is 2. The molecule has 230 valence electrons. The van der Waals surface area contributed by atoms with Crippen LogP contribution in [0.4, 0.5) is 13.2 Å². The van der Waals surface area contributed by atoms with E-state index in [0.29, 0.717) is 41.1 Å². The molecule has 0 unspecified atom stereocenters. The lowest BCUT2D eigenvalue weighted by atomic mass is 10.0. The van der Waals surface area contributed by atoms with E-state index in [4.69, 9.17) is 9.47 Å². The maximum atomic E-state index is 15.4. The molecule has 2 aromatic heterocycles. The van der Waals surface area contributed by atoms with Gasteiger partial charge in [0.05, 0.1) is 28.9 Å². The normalized spacial score (nSPS) is 10.9. The molecule has 44 heavy (non-hydrogen) atoms. The molecule has 0 atom stereocenters. The predicted octanol–water partition coefficient (Wildman–Crippen LogP) is 7.67. The highest BCUT2D eigenvalue weighted by molar-refractivity contribution is 5.94. The van der Waals surface area contributed by atoms with Crippen LogP contribution in [-0.2, 0) is 24.3 Å². The number of carboxylic acids is 1. The topological polar surface area (TPSA) is 86.5 Å². The Labute approximate surface area is 253 Å². The van der Waals surface area contributed by atoms with Crippen molar-refractivity contribution < 1.29 is 32.5 Å². The average Bonchev–Trinajstić information content (AvgIpc) is 3.35. The van der Waals surface area contributed by atoms with Gasteiger partial charge < -0.3 is 19.1 Å². The van der Waals surface area contributed by atoms with Crippen LogP contribution in [-0.4, -0.2) is 39.3 Å². The predicted molar refractivity (Wildman–Crippen MR) is 163 cm³/mol. The van der Waals surface area contributed by atoms with E-state index in [0.717, 1.165) is 17.7 Å². The maximum absolute atomic E-state index is 15.4. The average molecular weight is 606 g/mol. The van der Waals surface area contributed by atoms with Crippen LogP contribution in [0.3, 0.4) is 0 Å². The molecule has 3 aromatic carbocycles. The number of rotatable bonds is 10. The van der Waals surface area contributed by atoms with Crippen molar-refractivity contribution in [1.82, 2.24) is 14.5 Å². The third-order valence-electron chi connectivity index (χ3n) is 6.96. The molecular formula is C34H34F3N3O4. The SMILES string of the molecule is CC.COCCn1c(Cc2cc(F)c(-c3cccc(OCc4ccc(C)cc4F)n3)cc2F)nc2c(C)cc(C(=O)O)cc21. The minimum atomic E-state index is -1.07.